The summed E-state index contributed by atoms with van der Waals surface area (Å²) in [4.78, 5) is 11.9. The average molecular weight is 445 g/mol. The topological polar surface area (TPSA) is 100.0 Å². The lowest BCUT2D eigenvalue weighted by Crippen LogP contribution is -2.35. The molecule has 0 N–H and O–H groups in total. The number of ether oxygens (including phenoxy) is 3. The predicted octanol–water partition coefficient (Wildman–Crippen LogP) is 2.25. The molecule has 0 radical (unpaired) electrons. The van der Waals surface area contributed by atoms with Crippen molar-refractivity contribution in [3.05, 3.63) is 66.5 Å². The first kappa shape index (κ1) is 22.3. The molecule has 0 atom stereocenters. The van der Waals surface area contributed by atoms with Crippen molar-refractivity contribution in [2.75, 3.05) is 27.9 Å². The Balaban J connectivity index is 1.96. The Labute approximate surface area is 180 Å². The highest BCUT2D eigenvalue weighted by atomic mass is 32.2. The van der Waals surface area contributed by atoms with Crippen molar-refractivity contribution in [1.82, 2.24) is 14.1 Å². The van der Waals surface area contributed by atoms with Crippen molar-refractivity contribution in [2.24, 2.45) is 0 Å². The van der Waals surface area contributed by atoms with Crippen LogP contribution in [0.4, 0.5) is 0 Å². The van der Waals surface area contributed by atoms with Crippen LogP contribution in [0.2, 0.25) is 0 Å². The molecular weight excluding hydrogens is 422 g/mol. The minimum absolute atomic E-state index is 0.0462. The van der Waals surface area contributed by atoms with E-state index in [1.165, 1.54) is 38.4 Å². The number of carbonyl (C=O) groups is 1. The zero-order valence-corrected chi connectivity index (χ0v) is 18.2. The van der Waals surface area contributed by atoms with Crippen LogP contribution in [-0.2, 0) is 26.1 Å². The molecule has 0 bridgehead atoms. The highest BCUT2D eigenvalue weighted by Gasteiger charge is 2.29. The van der Waals surface area contributed by atoms with Crippen LogP contribution in [0.1, 0.15) is 5.56 Å². The van der Waals surface area contributed by atoms with Gasteiger partial charge >= 0.3 is 5.97 Å². The van der Waals surface area contributed by atoms with Crippen LogP contribution in [0.15, 0.2) is 65.8 Å². The van der Waals surface area contributed by atoms with Crippen molar-refractivity contribution in [2.45, 2.75) is 11.4 Å². The third-order valence-electron chi connectivity index (χ3n) is 4.52. The van der Waals surface area contributed by atoms with Crippen molar-refractivity contribution >= 4 is 16.0 Å². The number of para-hydroxylation sites is 1. The van der Waals surface area contributed by atoms with Crippen molar-refractivity contribution in [3.63, 3.8) is 0 Å². The van der Waals surface area contributed by atoms with Gasteiger partial charge in [-0.15, -0.1) is 0 Å². The van der Waals surface area contributed by atoms with Crippen molar-refractivity contribution in [1.29, 1.82) is 0 Å². The first-order valence-electron chi connectivity index (χ1n) is 9.26. The first-order valence-corrected chi connectivity index (χ1v) is 10.7. The minimum atomic E-state index is -4.06. The van der Waals surface area contributed by atoms with Crippen LogP contribution in [-0.4, -0.2) is 56.3 Å². The summed E-state index contributed by atoms with van der Waals surface area (Å²) in [5.74, 6) is 0.317. The zero-order chi connectivity index (χ0) is 22.4. The average Bonchev–Trinajstić information content (AvgIpc) is 3.30. The number of carbonyl (C=O) groups excluding carboxylic acids is 1. The van der Waals surface area contributed by atoms with E-state index in [0.29, 0.717) is 22.7 Å². The molecule has 0 aliphatic carbocycles. The Morgan fingerprint density at radius 1 is 1.03 bits per heavy atom. The Bertz CT molecular complexity index is 1120. The number of esters is 1. The van der Waals surface area contributed by atoms with Crippen LogP contribution in [0.5, 0.6) is 11.5 Å². The highest BCUT2D eigenvalue weighted by molar-refractivity contribution is 7.89. The summed E-state index contributed by atoms with van der Waals surface area (Å²) in [6.07, 6.45) is 2.65. The molecule has 0 aliphatic rings. The van der Waals surface area contributed by atoms with E-state index in [2.05, 4.69) is 5.10 Å². The molecule has 0 spiro atoms. The number of aromatic nitrogens is 2. The number of methoxy groups -OCH3 is 3. The molecule has 0 fully saturated rings. The summed E-state index contributed by atoms with van der Waals surface area (Å²) in [5.41, 5.74) is 1.29. The van der Waals surface area contributed by atoms with E-state index in [4.69, 9.17) is 14.2 Å². The molecule has 164 valence electrons. The summed E-state index contributed by atoms with van der Waals surface area (Å²) >= 11 is 0. The quantitative estimate of drug-likeness (QED) is 0.466. The SMILES string of the molecule is COC(=O)CN(Cc1cc(OC)cc(OC)c1)S(=O)(=O)c1cnn(-c2ccccc2)c1. The summed E-state index contributed by atoms with van der Waals surface area (Å²) in [7, 11) is 0.139. The number of sulfonamides is 1. The molecule has 10 heteroatoms. The van der Waals surface area contributed by atoms with E-state index in [-0.39, 0.29) is 11.4 Å². The maximum absolute atomic E-state index is 13.3. The molecule has 0 aliphatic heterocycles. The third-order valence-corrected chi connectivity index (χ3v) is 6.27. The fourth-order valence-electron chi connectivity index (χ4n) is 2.91. The highest BCUT2D eigenvalue weighted by Crippen LogP contribution is 2.26. The van der Waals surface area contributed by atoms with Gasteiger partial charge in [-0.25, -0.2) is 13.1 Å². The standard InChI is InChI=1S/C21H23N3O6S/c1-28-18-9-16(10-19(11-18)29-2)13-23(15-21(25)30-3)31(26,27)20-12-22-24(14-20)17-7-5-4-6-8-17/h4-12,14H,13,15H2,1-3H3. The van der Waals surface area contributed by atoms with Crippen LogP contribution in [0.25, 0.3) is 5.69 Å². The molecule has 3 aromatic rings. The predicted molar refractivity (Wildman–Crippen MR) is 113 cm³/mol. The van der Waals surface area contributed by atoms with Gasteiger partial charge in [0, 0.05) is 12.6 Å². The second-order valence-corrected chi connectivity index (χ2v) is 8.46. The number of rotatable bonds is 9. The first-order chi connectivity index (χ1) is 14.9. The van der Waals surface area contributed by atoms with Gasteiger partial charge in [0.1, 0.15) is 22.9 Å². The molecule has 0 saturated heterocycles. The largest absolute Gasteiger partial charge is 0.497 e. The third kappa shape index (κ3) is 5.22. The second-order valence-electron chi connectivity index (χ2n) is 6.53. The lowest BCUT2D eigenvalue weighted by atomic mass is 10.2. The Kier molecular flexibility index (Phi) is 6.93. The monoisotopic (exact) mass is 445 g/mol. The normalized spacial score (nSPS) is 11.4. The molecule has 0 saturated carbocycles. The second kappa shape index (κ2) is 9.63. The molecular formula is C21H23N3O6S. The summed E-state index contributed by atoms with van der Waals surface area (Å²) < 4.78 is 44.4. The maximum Gasteiger partial charge on any atom is 0.321 e. The van der Waals surface area contributed by atoms with Gasteiger partial charge in [0.25, 0.3) is 0 Å². The number of nitrogens with zero attached hydrogens (tertiary/aromatic N) is 3. The molecule has 9 nitrogen and oxygen atoms in total. The summed E-state index contributed by atoms with van der Waals surface area (Å²) in [6.45, 7) is -0.559. The number of hydrogen-bond donors (Lipinski definition) is 0. The smallest absolute Gasteiger partial charge is 0.321 e. The van der Waals surface area contributed by atoms with Crippen LogP contribution >= 0.6 is 0 Å². The van der Waals surface area contributed by atoms with Crippen molar-refractivity contribution in [3.8, 4) is 17.2 Å². The molecule has 3 rings (SSSR count). The Morgan fingerprint density at radius 3 is 2.26 bits per heavy atom. The van der Waals surface area contributed by atoms with Crippen LogP contribution in [0.3, 0.4) is 0 Å². The zero-order valence-electron chi connectivity index (χ0n) is 17.4. The van der Waals surface area contributed by atoms with E-state index in [0.717, 1.165) is 4.31 Å². The maximum atomic E-state index is 13.3. The molecule has 1 aromatic heterocycles. The summed E-state index contributed by atoms with van der Waals surface area (Å²) in [5, 5.41) is 4.15. The van der Waals surface area contributed by atoms with E-state index >= 15 is 0 Å². The van der Waals surface area contributed by atoms with Gasteiger partial charge in [0.15, 0.2) is 0 Å². The van der Waals surface area contributed by atoms with Crippen LogP contribution in [0, 0.1) is 0 Å². The van der Waals surface area contributed by atoms with Gasteiger partial charge in [-0.2, -0.15) is 9.40 Å². The van der Waals surface area contributed by atoms with Gasteiger partial charge in [0.2, 0.25) is 10.0 Å². The molecule has 1 heterocycles. The van der Waals surface area contributed by atoms with Gasteiger partial charge in [0.05, 0.1) is 39.4 Å². The minimum Gasteiger partial charge on any atom is -0.497 e. The molecule has 0 unspecified atom stereocenters. The molecule has 31 heavy (non-hydrogen) atoms. The van der Waals surface area contributed by atoms with Gasteiger partial charge in [-0.1, -0.05) is 18.2 Å². The van der Waals surface area contributed by atoms with Gasteiger partial charge < -0.3 is 14.2 Å². The molecule has 2 aromatic carbocycles. The Hall–Kier alpha value is -3.37. The lowest BCUT2D eigenvalue weighted by Gasteiger charge is -2.21. The van der Waals surface area contributed by atoms with E-state index in [1.807, 2.05) is 18.2 Å². The fraction of sp³-hybridized carbons (Fsp3) is 0.238. The lowest BCUT2D eigenvalue weighted by molar-refractivity contribution is -0.140. The van der Waals surface area contributed by atoms with Gasteiger partial charge in [-0.3, -0.25) is 4.79 Å². The summed E-state index contributed by atoms with van der Waals surface area (Å²) in [6, 6.07) is 14.1. The van der Waals surface area contributed by atoms with E-state index in [1.54, 1.807) is 30.3 Å². The Morgan fingerprint density at radius 2 is 1.68 bits per heavy atom. The van der Waals surface area contributed by atoms with Crippen LogP contribution < -0.4 is 9.47 Å². The molecule has 0 amide bonds. The van der Waals surface area contributed by atoms with E-state index in [9.17, 15) is 13.2 Å². The fourth-order valence-corrected chi connectivity index (χ4v) is 4.21. The van der Waals surface area contributed by atoms with E-state index < -0.39 is 22.5 Å². The van der Waals surface area contributed by atoms with Crippen molar-refractivity contribution < 1.29 is 27.4 Å². The number of hydrogen-bond acceptors (Lipinski definition) is 7. The van der Waals surface area contributed by atoms with Gasteiger partial charge in [-0.05, 0) is 29.8 Å². The number of benzene rings is 2.